The van der Waals surface area contributed by atoms with Crippen molar-refractivity contribution >= 4 is 23.1 Å². The van der Waals surface area contributed by atoms with Gasteiger partial charge in [-0.3, -0.25) is 14.5 Å². The molecule has 10 heteroatoms. The molecule has 5 heterocycles. The normalized spacial score (nSPS) is 17.0. The summed E-state index contributed by atoms with van der Waals surface area (Å²) < 4.78 is 13.4. The maximum atomic E-state index is 13.7. The standard InChI is InChI=1S/C34H45N5O5/c1-21-16-22(2)36-32(41)29(21)19-35-31(40)28-18-27-17-26(25-8-10-38(11-9-25)33(42)44-34(5,6)7)20-39(27)30(23(28)3)24(4)37-12-14-43-15-13-37/h8,16-18,20,24H,9-15,19H2,1-7H3,(H,35,40)(H,36,41). The second-order valence-corrected chi connectivity index (χ2v) is 12.9. The van der Waals surface area contributed by atoms with E-state index in [1.165, 1.54) is 0 Å². The fourth-order valence-electron chi connectivity index (χ4n) is 6.23. The second-order valence-electron chi connectivity index (χ2n) is 12.9. The number of H-pyrrole nitrogens is 1. The van der Waals surface area contributed by atoms with Gasteiger partial charge in [-0.15, -0.1) is 0 Å². The van der Waals surface area contributed by atoms with Gasteiger partial charge >= 0.3 is 6.09 Å². The minimum absolute atomic E-state index is 0.0413. The van der Waals surface area contributed by atoms with Crippen molar-refractivity contribution in [3.63, 3.8) is 0 Å². The van der Waals surface area contributed by atoms with E-state index in [1.807, 2.05) is 53.7 Å². The highest BCUT2D eigenvalue weighted by Crippen LogP contribution is 2.32. The molecule has 2 aliphatic rings. The summed E-state index contributed by atoms with van der Waals surface area (Å²) in [4.78, 5) is 45.8. The molecule has 0 radical (unpaired) electrons. The molecule has 10 nitrogen and oxygen atoms in total. The van der Waals surface area contributed by atoms with Crippen LogP contribution in [0.1, 0.15) is 84.2 Å². The van der Waals surface area contributed by atoms with Gasteiger partial charge in [-0.25, -0.2) is 4.79 Å². The lowest BCUT2D eigenvalue weighted by atomic mass is 10.0. The summed E-state index contributed by atoms with van der Waals surface area (Å²) in [7, 11) is 0. The van der Waals surface area contributed by atoms with E-state index in [-0.39, 0.29) is 30.1 Å². The highest BCUT2D eigenvalue weighted by molar-refractivity contribution is 5.97. The Morgan fingerprint density at radius 1 is 1.09 bits per heavy atom. The van der Waals surface area contributed by atoms with Gasteiger partial charge in [-0.05, 0) is 95.3 Å². The van der Waals surface area contributed by atoms with Crippen LogP contribution in [0.2, 0.25) is 0 Å². The lowest BCUT2D eigenvalue weighted by Crippen LogP contribution is -2.39. The zero-order valence-electron chi connectivity index (χ0n) is 27.0. The molecule has 1 unspecified atom stereocenters. The monoisotopic (exact) mass is 603 g/mol. The number of aromatic nitrogens is 2. The summed E-state index contributed by atoms with van der Waals surface area (Å²) in [5.74, 6) is -0.215. The van der Waals surface area contributed by atoms with Crippen molar-refractivity contribution in [1.29, 1.82) is 0 Å². The predicted octanol–water partition coefficient (Wildman–Crippen LogP) is 4.90. The average molecular weight is 604 g/mol. The van der Waals surface area contributed by atoms with Gasteiger partial charge in [-0.1, -0.05) is 6.08 Å². The molecule has 3 aromatic heterocycles. The summed E-state index contributed by atoms with van der Waals surface area (Å²) in [5, 5.41) is 3.01. The number of rotatable bonds is 6. The van der Waals surface area contributed by atoms with E-state index < -0.39 is 5.60 Å². The smallest absolute Gasteiger partial charge is 0.410 e. The highest BCUT2D eigenvalue weighted by Gasteiger charge is 2.27. The van der Waals surface area contributed by atoms with Crippen molar-refractivity contribution in [2.24, 2.45) is 0 Å². The Kier molecular flexibility index (Phi) is 9.04. The van der Waals surface area contributed by atoms with Crippen molar-refractivity contribution in [2.45, 2.75) is 73.1 Å². The molecule has 2 aliphatic heterocycles. The molecule has 1 saturated heterocycles. The Bertz CT molecular complexity index is 1650. The summed E-state index contributed by atoms with van der Waals surface area (Å²) in [6.45, 7) is 17.7. The lowest BCUT2D eigenvalue weighted by Gasteiger charge is -2.34. The Hall–Kier alpha value is -3.89. The molecule has 0 aromatic carbocycles. The van der Waals surface area contributed by atoms with Crippen LogP contribution >= 0.6 is 0 Å². The van der Waals surface area contributed by atoms with Crippen LogP contribution in [0.5, 0.6) is 0 Å². The number of carbonyl (C=O) groups is 2. The third kappa shape index (κ3) is 6.76. The Morgan fingerprint density at radius 3 is 2.45 bits per heavy atom. The Balaban J connectivity index is 1.48. The molecule has 0 aliphatic carbocycles. The molecule has 5 rings (SSSR count). The number of amides is 2. The first-order valence-electron chi connectivity index (χ1n) is 15.4. The second kappa shape index (κ2) is 12.6. The number of pyridine rings is 2. The topological polar surface area (TPSA) is 108 Å². The molecule has 0 bridgehead atoms. The molecule has 2 amide bonds. The van der Waals surface area contributed by atoms with Gasteiger partial charge in [0, 0.05) is 73.0 Å². The van der Waals surface area contributed by atoms with Crippen LogP contribution in [-0.4, -0.2) is 76.2 Å². The minimum Gasteiger partial charge on any atom is -0.444 e. The minimum atomic E-state index is -0.536. The molecule has 0 saturated carbocycles. The van der Waals surface area contributed by atoms with Crippen molar-refractivity contribution in [2.75, 3.05) is 39.4 Å². The molecular formula is C34H45N5O5. The van der Waals surface area contributed by atoms with Crippen LogP contribution in [-0.2, 0) is 16.0 Å². The van der Waals surface area contributed by atoms with Crippen LogP contribution in [0.25, 0.3) is 11.1 Å². The van der Waals surface area contributed by atoms with Crippen LogP contribution < -0.4 is 10.9 Å². The first-order valence-corrected chi connectivity index (χ1v) is 15.4. The molecule has 1 atom stereocenters. The number of nitrogens with one attached hydrogen (secondary N) is 2. The fourth-order valence-corrected chi connectivity index (χ4v) is 6.23. The number of aryl methyl sites for hydroxylation is 2. The van der Waals surface area contributed by atoms with Gasteiger partial charge < -0.3 is 29.1 Å². The zero-order valence-corrected chi connectivity index (χ0v) is 27.0. The van der Waals surface area contributed by atoms with E-state index in [9.17, 15) is 14.4 Å². The molecule has 44 heavy (non-hydrogen) atoms. The average Bonchev–Trinajstić information content (AvgIpc) is 3.39. The molecule has 3 aromatic rings. The quantitative estimate of drug-likeness (QED) is 0.415. The lowest BCUT2D eigenvalue weighted by molar-refractivity contribution is 0.0187. The number of hydrogen-bond donors (Lipinski definition) is 2. The summed E-state index contributed by atoms with van der Waals surface area (Å²) in [6, 6.07) is 6.01. The summed E-state index contributed by atoms with van der Waals surface area (Å²) >= 11 is 0. The van der Waals surface area contributed by atoms with Crippen molar-refractivity contribution in [3.05, 3.63) is 80.0 Å². The number of aromatic amines is 1. The van der Waals surface area contributed by atoms with E-state index in [4.69, 9.17) is 9.47 Å². The van der Waals surface area contributed by atoms with Gasteiger partial charge in [0.15, 0.2) is 0 Å². The molecule has 236 valence electrons. The van der Waals surface area contributed by atoms with E-state index in [0.29, 0.717) is 43.9 Å². The summed E-state index contributed by atoms with van der Waals surface area (Å²) in [6.07, 6.45) is 4.65. The number of morpholine rings is 1. The van der Waals surface area contributed by atoms with E-state index in [0.717, 1.165) is 52.3 Å². The van der Waals surface area contributed by atoms with E-state index in [1.54, 1.807) is 4.90 Å². The highest BCUT2D eigenvalue weighted by atomic mass is 16.6. The Morgan fingerprint density at radius 2 is 1.82 bits per heavy atom. The van der Waals surface area contributed by atoms with Gasteiger partial charge in [0.1, 0.15) is 5.60 Å². The predicted molar refractivity (Wildman–Crippen MR) is 171 cm³/mol. The maximum absolute atomic E-state index is 13.7. The van der Waals surface area contributed by atoms with Gasteiger partial charge in [0.2, 0.25) is 0 Å². The van der Waals surface area contributed by atoms with E-state index in [2.05, 4.69) is 44.9 Å². The first-order chi connectivity index (χ1) is 20.8. The van der Waals surface area contributed by atoms with Gasteiger partial charge in [-0.2, -0.15) is 0 Å². The number of ether oxygens (including phenoxy) is 2. The summed E-state index contributed by atoms with van der Waals surface area (Å²) in [5.41, 5.74) is 7.18. The number of hydrogen-bond acceptors (Lipinski definition) is 6. The fraction of sp³-hybridized carbons (Fsp3) is 0.500. The molecule has 2 N–H and O–H groups in total. The van der Waals surface area contributed by atoms with Crippen LogP contribution in [0.3, 0.4) is 0 Å². The third-order valence-electron chi connectivity index (χ3n) is 8.57. The SMILES string of the molecule is Cc1cc(C)c(CNC(=O)c2cc3cc(C4=CCN(C(=O)OC(C)(C)C)CC4)cn3c(C(C)N3CCOCC3)c2C)c(=O)[nH]1. The Labute approximate surface area is 259 Å². The van der Waals surface area contributed by atoms with Crippen molar-refractivity contribution in [3.8, 4) is 0 Å². The van der Waals surface area contributed by atoms with Crippen LogP contribution in [0.15, 0.2) is 35.3 Å². The third-order valence-corrected chi connectivity index (χ3v) is 8.57. The zero-order chi connectivity index (χ0) is 31.8. The van der Waals surface area contributed by atoms with Crippen molar-refractivity contribution in [1.82, 2.24) is 24.5 Å². The maximum Gasteiger partial charge on any atom is 0.410 e. The number of carbonyl (C=O) groups excluding carboxylic acids is 2. The van der Waals surface area contributed by atoms with Gasteiger partial charge in [0.25, 0.3) is 11.5 Å². The largest absolute Gasteiger partial charge is 0.444 e. The molecular weight excluding hydrogens is 558 g/mol. The number of fused-ring (bicyclic) bond motifs is 1. The van der Waals surface area contributed by atoms with Crippen molar-refractivity contribution < 1.29 is 19.1 Å². The first kappa shape index (κ1) is 31.5. The molecule has 0 spiro atoms. The number of nitrogens with zero attached hydrogens (tertiary/aromatic N) is 3. The molecule has 1 fully saturated rings. The van der Waals surface area contributed by atoms with E-state index >= 15 is 0 Å². The van der Waals surface area contributed by atoms with Gasteiger partial charge in [0.05, 0.1) is 13.2 Å². The van der Waals surface area contributed by atoms with Crippen LogP contribution in [0, 0.1) is 20.8 Å². The van der Waals surface area contributed by atoms with Crippen LogP contribution in [0.4, 0.5) is 4.79 Å².